The van der Waals surface area contributed by atoms with Gasteiger partial charge in [0.05, 0.1) is 19.8 Å². The SMILES string of the molecule is CCCCCCCCN(CCCCCCCC)CCCCCCCC.CCCCCN(CCCCC)CCCCC.COCOCCN(CCOCOC)CCOCOC. The highest BCUT2D eigenvalue weighted by Gasteiger charge is 2.07. The van der Waals surface area contributed by atoms with Crippen molar-refractivity contribution in [2.45, 2.75) is 215 Å². The highest BCUT2D eigenvalue weighted by atomic mass is 16.7. The maximum Gasteiger partial charge on any atom is 0.146 e. The molecular weight excluding hydrogens is 751 g/mol. The minimum Gasteiger partial charge on any atom is -0.359 e. The van der Waals surface area contributed by atoms with Crippen molar-refractivity contribution in [3.63, 3.8) is 0 Å². The average molecular weight is 862 g/mol. The van der Waals surface area contributed by atoms with E-state index in [1.807, 2.05) is 0 Å². The number of nitrogens with zero attached hydrogens (tertiary/aromatic N) is 3. The molecule has 0 fully saturated rings. The van der Waals surface area contributed by atoms with E-state index in [1.165, 1.54) is 213 Å². The van der Waals surface area contributed by atoms with Gasteiger partial charge in [-0.3, -0.25) is 4.90 Å². The van der Waals surface area contributed by atoms with Crippen molar-refractivity contribution in [2.24, 2.45) is 0 Å². The van der Waals surface area contributed by atoms with Crippen LogP contribution in [0.25, 0.3) is 0 Å². The van der Waals surface area contributed by atoms with Crippen LogP contribution in [0, 0.1) is 0 Å². The molecular formula is C51H111N3O6. The van der Waals surface area contributed by atoms with E-state index in [4.69, 9.17) is 28.4 Å². The summed E-state index contributed by atoms with van der Waals surface area (Å²) in [7, 11) is 4.82. The lowest BCUT2D eigenvalue weighted by Crippen LogP contribution is -2.34. The Morgan fingerprint density at radius 3 is 0.650 bits per heavy atom. The number of hydrogen-bond acceptors (Lipinski definition) is 9. The molecule has 0 heterocycles. The minimum absolute atomic E-state index is 0.314. The van der Waals surface area contributed by atoms with Crippen LogP contribution in [0.2, 0.25) is 0 Å². The maximum atomic E-state index is 5.27. The van der Waals surface area contributed by atoms with Gasteiger partial charge in [0.1, 0.15) is 20.4 Å². The van der Waals surface area contributed by atoms with Gasteiger partial charge in [0.15, 0.2) is 0 Å². The normalized spacial score (nSPS) is 11.4. The second-order valence-electron chi connectivity index (χ2n) is 16.9. The van der Waals surface area contributed by atoms with Crippen LogP contribution in [-0.4, -0.2) is 135 Å². The van der Waals surface area contributed by atoms with Crippen molar-refractivity contribution < 1.29 is 28.4 Å². The highest BCUT2D eigenvalue weighted by molar-refractivity contribution is 4.62. The van der Waals surface area contributed by atoms with Crippen LogP contribution in [0.1, 0.15) is 215 Å². The molecule has 0 aliphatic rings. The van der Waals surface area contributed by atoms with Crippen LogP contribution in [0.15, 0.2) is 0 Å². The lowest BCUT2D eigenvalue weighted by Gasteiger charge is -2.22. The molecule has 0 amide bonds. The summed E-state index contributed by atoms with van der Waals surface area (Å²) in [6, 6.07) is 0. The van der Waals surface area contributed by atoms with E-state index in [9.17, 15) is 0 Å². The van der Waals surface area contributed by atoms with Crippen LogP contribution >= 0.6 is 0 Å². The van der Waals surface area contributed by atoms with Crippen molar-refractivity contribution in [3.05, 3.63) is 0 Å². The molecule has 0 unspecified atom stereocenters. The van der Waals surface area contributed by atoms with Crippen LogP contribution in [0.3, 0.4) is 0 Å². The molecule has 0 saturated carbocycles. The van der Waals surface area contributed by atoms with Crippen molar-refractivity contribution in [3.8, 4) is 0 Å². The first-order valence-electron chi connectivity index (χ1n) is 25.9. The molecule has 0 rings (SSSR count). The van der Waals surface area contributed by atoms with E-state index in [-0.39, 0.29) is 0 Å². The Kier molecular flexibility index (Phi) is 64.7. The molecule has 0 aromatic heterocycles. The van der Waals surface area contributed by atoms with Gasteiger partial charge < -0.3 is 38.2 Å². The van der Waals surface area contributed by atoms with Gasteiger partial charge in [-0.1, -0.05) is 176 Å². The van der Waals surface area contributed by atoms with Gasteiger partial charge in [-0.25, -0.2) is 0 Å². The molecule has 0 N–H and O–H groups in total. The Bertz CT molecular complexity index is 619. The maximum absolute atomic E-state index is 5.27. The van der Waals surface area contributed by atoms with Crippen LogP contribution in [-0.2, 0) is 28.4 Å². The molecule has 0 radical (unpaired) electrons. The van der Waals surface area contributed by atoms with E-state index < -0.39 is 0 Å². The van der Waals surface area contributed by atoms with Gasteiger partial charge in [-0.05, 0) is 77.8 Å². The molecule has 9 nitrogen and oxygen atoms in total. The van der Waals surface area contributed by atoms with Gasteiger partial charge in [0.25, 0.3) is 0 Å². The molecule has 60 heavy (non-hydrogen) atoms. The number of hydrogen-bond donors (Lipinski definition) is 0. The van der Waals surface area contributed by atoms with Crippen molar-refractivity contribution in [1.82, 2.24) is 14.7 Å². The highest BCUT2D eigenvalue weighted by Crippen LogP contribution is 2.12. The molecule has 0 aliphatic heterocycles. The zero-order chi connectivity index (χ0) is 44.7. The third-order valence-electron chi connectivity index (χ3n) is 11.0. The summed E-state index contributed by atoms with van der Waals surface area (Å²) >= 11 is 0. The number of unbranched alkanes of at least 4 members (excludes halogenated alkanes) is 21. The lowest BCUT2D eigenvalue weighted by atomic mass is 10.1. The molecule has 0 bridgehead atoms. The predicted molar refractivity (Wildman–Crippen MR) is 262 cm³/mol. The minimum atomic E-state index is 0.314. The molecule has 0 aliphatic carbocycles. The average Bonchev–Trinajstić information content (AvgIpc) is 3.26. The molecule has 0 spiro atoms. The molecule has 0 aromatic carbocycles. The second-order valence-corrected chi connectivity index (χ2v) is 16.9. The summed E-state index contributed by atoms with van der Waals surface area (Å²) in [5, 5.41) is 0. The standard InChI is InChI=1S/C24H51N.C15H33N.C12H27NO6/c1-4-7-10-13-16-19-22-25(23-20-17-14-11-8-5-2)24-21-18-15-12-9-6-3;1-4-7-10-13-16(14-11-8-5-2)15-12-9-6-3;1-14-10-17-7-4-13(5-8-18-11-15-2)6-9-19-12-16-3/h4-24H2,1-3H3;4-15H2,1-3H3;4-12H2,1-3H3. The summed E-state index contributed by atoms with van der Waals surface area (Å²) in [6.07, 6.45) is 38.1. The first-order valence-corrected chi connectivity index (χ1v) is 25.9. The number of methoxy groups -OCH3 is 3. The van der Waals surface area contributed by atoms with Crippen LogP contribution in [0.5, 0.6) is 0 Å². The summed E-state index contributed by atoms with van der Waals surface area (Å²) < 4.78 is 30.3. The van der Waals surface area contributed by atoms with Gasteiger partial charge in [0, 0.05) is 41.0 Å². The first kappa shape index (κ1) is 63.9. The topological polar surface area (TPSA) is 65.1 Å². The summed E-state index contributed by atoms with van der Waals surface area (Å²) in [5.74, 6) is 0. The Balaban J connectivity index is -0.000000835. The van der Waals surface area contributed by atoms with Gasteiger partial charge >= 0.3 is 0 Å². The van der Waals surface area contributed by atoms with Crippen molar-refractivity contribution >= 4 is 0 Å². The van der Waals surface area contributed by atoms with E-state index in [2.05, 4.69) is 56.2 Å². The summed E-state index contributed by atoms with van der Waals surface area (Å²) in [5.41, 5.74) is 0. The van der Waals surface area contributed by atoms with Gasteiger partial charge in [-0.2, -0.15) is 0 Å². The van der Waals surface area contributed by atoms with E-state index >= 15 is 0 Å². The fourth-order valence-corrected chi connectivity index (χ4v) is 7.12. The fraction of sp³-hybridized carbons (Fsp3) is 1.00. The van der Waals surface area contributed by atoms with Crippen molar-refractivity contribution in [2.75, 3.05) is 120 Å². The molecule has 0 aromatic rings. The van der Waals surface area contributed by atoms with Gasteiger partial charge in [-0.15, -0.1) is 0 Å². The van der Waals surface area contributed by atoms with E-state index in [1.54, 1.807) is 21.3 Å². The third-order valence-corrected chi connectivity index (χ3v) is 11.0. The van der Waals surface area contributed by atoms with Crippen molar-refractivity contribution in [1.29, 1.82) is 0 Å². The molecule has 0 atom stereocenters. The lowest BCUT2D eigenvalue weighted by molar-refractivity contribution is -0.0593. The zero-order valence-electron chi connectivity index (χ0n) is 42.5. The monoisotopic (exact) mass is 862 g/mol. The molecule has 9 heteroatoms. The van der Waals surface area contributed by atoms with E-state index in [0.717, 1.165) is 19.6 Å². The Morgan fingerprint density at radius 2 is 0.417 bits per heavy atom. The Morgan fingerprint density at radius 1 is 0.233 bits per heavy atom. The number of ether oxygens (including phenoxy) is 6. The van der Waals surface area contributed by atoms with Gasteiger partial charge in [0.2, 0.25) is 0 Å². The quantitative estimate of drug-likeness (QED) is 0.0439. The fourth-order valence-electron chi connectivity index (χ4n) is 7.12. The second kappa shape index (κ2) is 60.7. The smallest absolute Gasteiger partial charge is 0.146 e. The third kappa shape index (κ3) is 57.6. The predicted octanol–water partition coefficient (Wildman–Crippen LogP) is 13.4. The van der Waals surface area contributed by atoms with E-state index in [0.29, 0.717) is 40.2 Å². The largest absolute Gasteiger partial charge is 0.359 e. The molecule has 0 saturated heterocycles. The Labute approximate surface area is 377 Å². The first-order chi connectivity index (χ1) is 29.5. The zero-order valence-corrected chi connectivity index (χ0v) is 42.5. The summed E-state index contributed by atoms with van der Waals surface area (Å²) in [6.45, 7) is 27.1. The summed E-state index contributed by atoms with van der Waals surface area (Å²) in [4.78, 5) is 7.68. The number of rotatable bonds is 48. The Hall–Kier alpha value is -0.360. The van der Waals surface area contributed by atoms with Crippen LogP contribution < -0.4 is 0 Å². The molecule has 366 valence electrons. The van der Waals surface area contributed by atoms with Crippen LogP contribution in [0.4, 0.5) is 0 Å².